The van der Waals surface area contributed by atoms with Gasteiger partial charge in [0.2, 0.25) is 0 Å². The fraction of sp³-hybridized carbons (Fsp3) is 0.300. The van der Waals surface area contributed by atoms with Crippen LogP contribution in [0, 0.1) is 0 Å². The van der Waals surface area contributed by atoms with Crippen LogP contribution in [0.3, 0.4) is 0 Å². The van der Waals surface area contributed by atoms with Crippen LogP contribution in [0.2, 0.25) is 5.02 Å². The molecule has 0 aliphatic carbocycles. The van der Waals surface area contributed by atoms with E-state index in [0.29, 0.717) is 0 Å². The van der Waals surface area contributed by atoms with Crippen LogP contribution in [0.4, 0.5) is 18.9 Å². The molecular formula is C10H9ClF3NO2. The summed E-state index contributed by atoms with van der Waals surface area (Å²) in [5.74, 6) is -1.000. The van der Waals surface area contributed by atoms with E-state index in [0.717, 1.165) is 12.1 Å². The lowest BCUT2D eigenvalue weighted by atomic mass is 10.2. The Bertz CT molecular complexity index is 421. The zero-order valence-corrected chi connectivity index (χ0v) is 9.27. The van der Waals surface area contributed by atoms with E-state index in [2.05, 4.69) is 5.32 Å². The molecule has 0 fully saturated rings. The first kappa shape index (κ1) is 13.6. The maximum absolute atomic E-state index is 12.3. The van der Waals surface area contributed by atoms with E-state index in [-0.39, 0.29) is 23.7 Å². The number of carbonyl (C=O) groups is 1. The third-order valence-corrected chi connectivity index (χ3v) is 2.26. The lowest BCUT2D eigenvalue weighted by Crippen LogP contribution is -2.09. The molecule has 2 N–H and O–H groups in total. The summed E-state index contributed by atoms with van der Waals surface area (Å²) >= 11 is 5.64. The second kappa shape index (κ2) is 5.27. The molecule has 0 bridgehead atoms. The number of carboxylic acids is 1. The normalized spacial score (nSPS) is 11.3. The molecule has 1 aromatic rings. The number of benzene rings is 1. The van der Waals surface area contributed by atoms with Crippen molar-refractivity contribution in [2.45, 2.75) is 12.6 Å². The Morgan fingerprint density at radius 1 is 1.41 bits per heavy atom. The number of halogens is 4. The molecule has 94 valence electrons. The molecule has 0 saturated heterocycles. The predicted octanol–water partition coefficient (Wildman–Crippen LogP) is 3.25. The Kier molecular flexibility index (Phi) is 4.22. The third kappa shape index (κ3) is 4.14. The van der Waals surface area contributed by atoms with Crippen LogP contribution >= 0.6 is 11.6 Å². The van der Waals surface area contributed by atoms with Crippen molar-refractivity contribution in [3.63, 3.8) is 0 Å². The summed E-state index contributed by atoms with van der Waals surface area (Å²) < 4.78 is 36.9. The maximum Gasteiger partial charge on any atom is 0.416 e. The molecule has 0 radical (unpaired) electrons. The number of alkyl halides is 3. The Morgan fingerprint density at radius 3 is 2.53 bits per heavy atom. The van der Waals surface area contributed by atoms with Crippen molar-refractivity contribution < 1.29 is 23.1 Å². The molecule has 0 heterocycles. The number of hydrogen-bond donors (Lipinski definition) is 2. The molecule has 1 rings (SSSR count). The second-order valence-corrected chi connectivity index (χ2v) is 3.67. The fourth-order valence-corrected chi connectivity index (χ4v) is 1.39. The van der Waals surface area contributed by atoms with Gasteiger partial charge in [-0.3, -0.25) is 4.79 Å². The average molecular weight is 268 g/mol. The van der Waals surface area contributed by atoms with E-state index in [1.54, 1.807) is 0 Å². The minimum absolute atomic E-state index is 0.0924. The van der Waals surface area contributed by atoms with Crippen LogP contribution in [0.5, 0.6) is 0 Å². The van der Waals surface area contributed by atoms with Gasteiger partial charge in [-0.25, -0.2) is 0 Å². The van der Waals surface area contributed by atoms with Crippen LogP contribution < -0.4 is 5.32 Å². The summed E-state index contributed by atoms with van der Waals surface area (Å²) in [6, 6.07) is 2.85. The SMILES string of the molecule is O=C(O)CCNc1ccc(C(F)(F)F)cc1Cl. The highest BCUT2D eigenvalue weighted by Gasteiger charge is 2.30. The number of anilines is 1. The zero-order chi connectivity index (χ0) is 13.1. The quantitative estimate of drug-likeness (QED) is 0.880. The molecule has 0 aromatic heterocycles. The molecule has 7 heteroatoms. The Balaban J connectivity index is 2.73. The van der Waals surface area contributed by atoms with Crippen molar-refractivity contribution in [1.29, 1.82) is 0 Å². The van der Waals surface area contributed by atoms with Gasteiger partial charge in [-0.05, 0) is 18.2 Å². The van der Waals surface area contributed by atoms with Crippen LogP contribution in [-0.2, 0) is 11.0 Å². The minimum atomic E-state index is -4.44. The highest BCUT2D eigenvalue weighted by molar-refractivity contribution is 6.33. The molecule has 3 nitrogen and oxygen atoms in total. The summed E-state index contributed by atoms with van der Waals surface area (Å²) in [7, 11) is 0. The van der Waals surface area contributed by atoms with Gasteiger partial charge in [-0.2, -0.15) is 13.2 Å². The topological polar surface area (TPSA) is 49.3 Å². The van der Waals surface area contributed by atoms with E-state index in [4.69, 9.17) is 16.7 Å². The van der Waals surface area contributed by atoms with Crippen molar-refractivity contribution in [3.8, 4) is 0 Å². The van der Waals surface area contributed by atoms with E-state index < -0.39 is 17.7 Å². The summed E-state index contributed by atoms with van der Waals surface area (Å²) in [5, 5.41) is 10.9. The Labute approximate surface area is 100 Å². The van der Waals surface area contributed by atoms with Gasteiger partial charge in [0.15, 0.2) is 0 Å². The molecule has 1 aromatic carbocycles. The molecule has 17 heavy (non-hydrogen) atoms. The predicted molar refractivity (Wildman–Crippen MR) is 57.2 cm³/mol. The molecule has 0 atom stereocenters. The van der Waals surface area contributed by atoms with E-state index in [9.17, 15) is 18.0 Å². The standard InChI is InChI=1S/C10H9ClF3NO2/c11-7-5-6(10(12,13)14)1-2-8(7)15-4-3-9(16)17/h1-2,5,15H,3-4H2,(H,16,17). The number of aliphatic carboxylic acids is 1. The highest BCUT2D eigenvalue weighted by Crippen LogP contribution is 2.33. The van der Waals surface area contributed by atoms with Gasteiger partial charge in [-0.15, -0.1) is 0 Å². The number of nitrogens with one attached hydrogen (secondary N) is 1. The van der Waals surface area contributed by atoms with Crippen molar-refractivity contribution >= 4 is 23.3 Å². The molecule has 0 unspecified atom stereocenters. The van der Waals surface area contributed by atoms with Gasteiger partial charge >= 0.3 is 12.1 Å². The van der Waals surface area contributed by atoms with Gasteiger partial charge in [0.25, 0.3) is 0 Å². The van der Waals surface area contributed by atoms with Crippen LogP contribution in [0.15, 0.2) is 18.2 Å². The van der Waals surface area contributed by atoms with E-state index in [1.807, 2.05) is 0 Å². The first-order valence-corrected chi connectivity index (χ1v) is 5.01. The van der Waals surface area contributed by atoms with E-state index in [1.165, 1.54) is 6.07 Å². The highest BCUT2D eigenvalue weighted by atomic mass is 35.5. The van der Waals surface area contributed by atoms with Crippen molar-refractivity contribution in [3.05, 3.63) is 28.8 Å². The maximum atomic E-state index is 12.3. The summed E-state index contributed by atoms with van der Waals surface area (Å²) in [4.78, 5) is 10.2. The molecular weight excluding hydrogens is 259 g/mol. The van der Waals surface area contributed by atoms with E-state index >= 15 is 0 Å². The molecule has 0 aliphatic rings. The van der Waals surface area contributed by atoms with Crippen molar-refractivity contribution in [2.75, 3.05) is 11.9 Å². The number of rotatable bonds is 4. The fourth-order valence-electron chi connectivity index (χ4n) is 1.14. The smallest absolute Gasteiger partial charge is 0.416 e. The van der Waals surface area contributed by atoms with Crippen LogP contribution in [0.25, 0.3) is 0 Å². The van der Waals surface area contributed by atoms with Gasteiger partial charge in [0, 0.05) is 6.54 Å². The summed E-state index contributed by atoms with van der Waals surface area (Å²) in [5.41, 5.74) is -0.563. The zero-order valence-electron chi connectivity index (χ0n) is 8.51. The molecule has 0 spiro atoms. The van der Waals surface area contributed by atoms with Crippen LogP contribution in [-0.4, -0.2) is 17.6 Å². The minimum Gasteiger partial charge on any atom is -0.481 e. The van der Waals surface area contributed by atoms with Crippen molar-refractivity contribution in [1.82, 2.24) is 0 Å². The van der Waals surface area contributed by atoms with Crippen molar-refractivity contribution in [2.24, 2.45) is 0 Å². The van der Waals surface area contributed by atoms with Gasteiger partial charge in [-0.1, -0.05) is 11.6 Å². The van der Waals surface area contributed by atoms with Gasteiger partial charge < -0.3 is 10.4 Å². The largest absolute Gasteiger partial charge is 0.481 e. The Morgan fingerprint density at radius 2 is 2.06 bits per heavy atom. The first-order chi connectivity index (χ1) is 7.80. The Hall–Kier alpha value is -1.43. The monoisotopic (exact) mass is 267 g/mol. The first-order valence-electron chi connectivity index (χ1n) is 4.63. The summed E-state index contributed by atoms with van der Waals surface area (Å²) in [6.07, 6.45) is -4.58. The number of carboxylic acid groups (broad SMARTS) is 1. The molecule has 0 saturated carbocycles. The van der Waals surface area contributed by atoms with Gasteiger partial charge in [0.05, 0.1) is 22.7 Å². The third-order valence-electron chi connectivity index (χ3n) is 1.95. The lowest BCUT2D eigenvalue weighted by molar-refractivity contribution is -0.138. The molecule has 0 aliphatic heterocycles. The lowest BCUT2D eigenvalue weighted by Gasteiger charge is -2.11. The van der Waals surface area contributed by atoms with Gasteiger partial charge in [0.1, 0.15) is 0 Å². The average Bonchev–Trinajstić information content (AvgIpc) is 2.18. The summed E-state index contributed by atoms with van der Waals surface area (Å²) in [6.45, 7) is 0.0976. The number of hydrogen-bond acceptors (Lipinski definition) is 2. The molecule has 0 amide bonds. The second-order valence-electron chi connectivity index (χ2n) is 3.26. The van der Waals surface area contributed by atoms with Crippen LogP contribution in [0.1, 0.15) is 12.0 Å².